The molecule has 0 radical (unpaired) electrons. The summed E-state index contributed by atoms with van der Waals surface area (Å²) in [4.78, 5) is 43.9. The number of carbonyl (C=O) groups is 3. The minimum Gasteiger partial charge on any atom is -0.475 e. The summed E-state index contributed by atoms with van der Waals surface area (Å²) >= 11 is 6.34. The van der Waals surface area contributed by atoms with Gasteiger partial charge >= 0.3 is 12.1 Å². The van der Waals surface area contributed by atoms with Gasteiger partial charge in [0, 0.05) is 52.4 Å². The molecule has 0 saturated heterocycles. The fraction of sp³-hybridized carbons (Fsp3) is 0.303. The second-order valence-corrected chi connectivity index (χ2v) is 11.8. The van der Waals surface area contributed by atoms with E-state index >= 15 is 0 Å². The van der Waals surface area contributed by atoms with Gasteiger partial charge in [-0.1, -0.05) is 42.8 Å². The summed E-state index contributed by atoms with van der Waals surface area (Å²) in [7, 11) is 4.03. The van der Waals surface area contributed by atoms with Crippen LogP contribution in [-0.4, -0.2) is 72.2 Å². The third-order valence-electron chi connectivity index (χ3n) is 7.66. The number of aromatic amines is 1. The quantitative estimate of drug-likeness (QED) is 0.203. The first-order valence-electron chi connectivity index (χ1n) is 14.3. The fourth-order valence-electron chi connectivity index (χ4n) is 5.63. The Kier molecular flexibility index (Phi) is 10.7. The summed E-state index contributed by atoms with van der Waals surface area (Å²) in [5, 5.41) is 11.7. The van der Waals surface area contributed by atoms with Crippen LogP contribution in [-0.2, 0) is 16.0 Å². The first-order valence-corrected chi connectivity index (χ1v) is 14.7. The lowest BCUT2D eigenvalue weighted by Gasteiger charge is -2.38. The van der Waals surface area contributed by atoms with E-state index in [0.29, 0.717) is 11.6 Å². The van der Waals surface area contributed by atoms with Crippen molar-refractivity contribution < 1.29 is 37.1 Å². The zero-order valence-corrected chi connectivity index (χ0v) is 26.0. The van der Waals surface area contributed by atoms with Gasteiger partial charge in [-0.05, 0) is 80.0 Å². The number of carboxylic acid groups (broad SMARTS) is 1. The Morgan fingerprint density at radius 1 is 1.09 bits per heavy atom. The Hall–Kier alpha value is -4.42. The number of aromatic nitrogens is 1. The maximum atomic E-state index is 14.5. The average Bonchev–Trinajstić information content (AvgIpc) is 3.42. The molecule has 1 aliphatic rings. The monoisotopic (exact) mass is 660 g/mol. The van der Waals surface area contributed by atoms with E-state index in [-0.39, 0.29) is 23.3 Å². The van der Waals surface area contributed by atoms with E-state index in [1.54, 1.807) is 17.0 Å². The molecular formula is C33H33ClF4N4O4. The Balaban J connectivity index is 0.000000617. The van der Waals surface area contributed by atoms with E-state index in [2.05, 4.69) is 15.2 Å². The van der Waals surface area contributed by atoms with Crippen LogP contribution in [0.2, 0.25) is 5.02 Å². The van der Waals surface area contributed by atoms with Gasteiger partial charge in [-0.25, -0.2) is 9.18 Å². The molecule has 3 N–H and O–H groups in total. The summed E-state index contributed by atoms with van der Waals surface area (Å²) in [6.07, 6.45) is -2.39. The Labute approximate surface area is 267 Å². The zero-order chi connectivity index (χ0) is 33.8. The first kappa shape index (κ1) is 34.5. The molecule has 0 aliphatic carbocycles. The number of nitrogens with one attached hydrogen (secondary N) is 2. The van der Waals surface area contributed by atoms with Crippen molar-refractivity contribution in [3.05, 3.63) is 100 Å². The van der Waals surface area contributed by atoms with Gasteiger partial charge in [0.15, 0.2) is 0 Å². The molecule has 8 nitrogen and oxygen atoms in total. The lowest BCUT2D eigenvalue weighted by atomic mass is 9.88. The van der Waals surface area contributed by atoms with Gasteiger partial charge < -0.3 is 25.2 Å². The average molecular weight is 661 g/mol. The number of benzene rings is 3. The van der Waals surface area contributed by atoms with Crippen molar-refractivity contribution in [2.24, 2.45) is 5.92 Å². The number of hydrogen-bond donors (Lipinski definition) is 3. The molecule has 0 saturated carbocycles. The number of fused-ring (bicyclic) bond motifs is 2. The minimum absolute atomic E-state index is 0.162. The number of halogens is 5. The van der Waals surface area contributed by atoms with Crippen LogP contribution >= 0.6 is 11.6 Å². The third kappa shape index (κ3) is 8.24. The third-order valence-corrected chi connectivity index (χ3v) is 7.90. The molecule has 4 aromatic rings. The number of hydrogen-bond acceptors (Lipinski definition) is 4. The second kappa shape index (κ2) is 14.3. The van der Waals surface area contributed by atoms with Crippen molar-refractivity contribution in [2.45, 2.75) is 31.5 Å². The summed E-state index contributed by atoms with van der Waals surface area (Å²) in [6, 6.07) is 18.1. The van der Waals surface area contributed by atoms with Crippen LogP contribution in [0, 0.1) is 11.7 Å². The molecule has 2 heterocycles. The summed E-state index contributed by atoms with van der Waals surface area (Å²) in [6.45, 7) is 3.25. The standard InChI is InChI=1S/C31H32ClFN4O2.C2HF3O2/c1-19(26-16-34-27-10-5-4-9-25(26)27)29(35-30(38)21-7-6-8-24(33)15-21)31(39)37-18-20(17-36(2)3)13-22-14-23(32)11-12-28(22)37;3-2(4,5)1(6)7/h4-12,14-16,19-20,29,34H,13,17-18H2,1-3H3,(H,35,38);(H,6,7)/t19?,20-,29?;/m1./s1. The second-order valence-electron chi connectivity index (χ2n) is 11.4. The van der Waals surface area contributed by atoms with E-state index in [1.807, 2.05) is 63.6 Å². The minimum atomic E-state index is -5.08. The van der Waals surface area contributed by atoms with E-state index in [0.717, 1.165) is 40.7 Å². The number of carbonyl (C=O) groups excluding carboxylic acids is 2. The van der Waals surface area contributed by atoms with E-state index < -0.39 is 29.9 Å². The van der Waals surface area contributed by atoms with Crippen molar-refractivity contribution in [1.82, 2.24) is 15.2 Å². The zero-order valence-electron chi connectivity index (χ0n) is 25.2. The predicted octanol–water partition coefficient (Wildman–Crippen LogP) is 6.26. The van der Waals surface area contributed by atoms with Crippen LogP contribution in [0.15, 0.2) is 72.9 Å². The molecule has 1 aromatic heterocycles. The maximum Gasteiger partial charge on any atom is 0.490 e. The van der Waals surface area contributed by atoms with Crippen LogP contribution in [0.5, 0.6) is 0 Å². The molecular weight excluding hydrogens is 628 g/mol. The van der Waals surface area contributed by atoms with Crippen molar-refractivity contribution in [1.29, 1.82) is 0 Å². The number of H-pyrrole nitrogens is 1. The molecule has 2 unspecified atom stereocenters. The topological polar surface area (TPSA) is 106 Å². The van der Waals surface area contributed by atoms with Gasteiger partial charge in [-0.2, -0.15) is 13.2 Å². The maximum absolute atomic E-state index is 14.5. The van der Waals surface area contributed by atoms with Crippen molar-refractivity contribution in [2.75, 3.05) is 32.1 Å². The van der Waals surface area contributed by atoms with Gasteiger partial charge in [0.2, 0.25) is 5.91 Å². The van der Waals surface area contributed by atoms with Crippen LogP contribution < -0.4 is 10.2 Å². The Bertz CT molecular complexity index is 1730. The van der Waals surface area contributed by atoms with Gasteiger partial charge in [0.05, 0.1) is 0 Å². The molecule has 0 bridgehead atoms. The van der Waals surface area contributed by atoms with Crippen LogP contribution in [0.3, 0.4) is 0 Å². The van der Waals surface area contributed by atoms with E-state index in [9.17, 15) is 27.2 Å². The highest BCUT2D eigenvalue weighted by molar-refractivity contribution is 6.30. The number of rotatable bonds is 7. The normalized spacial score (nSPS) is 15.8. The molecule has 0 fully saturated rings. The number of carboxylic acids is 1. The highest BCUT2D eigenvalue weighted by atomic mass is 35.5. The van der Waals surface area contributed by atoms with Crippen molar-refractivity contribution in [3.63, 3.8) is 0 Å². The Morgan fingerprint density at radius 3 is 2.43 bits per heavy atom. The summed E-state index contributed by atoms with van der Waals surface area (Å²) < 4.78 is 45.7. The van der Waals surface area contributed by atoms with Gasteiger partial charge in [0.1, 0.15) is 11.9 Å². The van der Waals surface area contributed by atoms with Gasteiger partial charge in [-0.15, -0.1) is 0 Å². The number of aliphatic carboxylic acids is 1. The number of alkyl halides is 3. The van der Waals surface area contributed by atoms with Crippen LogP contribution in [0.4, 0.5) is 23.2 Å². The number of para-hydroxylation sites is 1. The van der Waals surface area contributed by atoms with Crippen molar-refractivity contribution in [3.8, 4) is 0 Å². The fourth-order valence-corrected chi connectivity index (χ4v) is 5.83. The predicted molar refractivity (Wildman–Crippen MR) is 168 cm³/mol. The first-order chi connectivity index (χ1) is 21.6. The van der Waals surface area contributed by atoms with Gasteiger partial charge in [-0.3, -0.25) is 9.59 Å². The summed E-state index contributed by atoms with van der Waals surface area (Å²) in [5.74, 6) is -4.17. The molecule has 46 heavy (non-hydrogen) atoms. The smallest absolute Gasteiger partial charge is 0.475 e. The Morgan fingerprint density at radius 2 is 1.78 bits per heavy atom. The highest BCUT2D eigenvalue weighted by Gasteiger charge is 2.39. The number of anilines is 1. The largest absolute Gasteiger partial charge is 0.490 e. The SMILES string of the molecule is CC(c1c[nH]c2ccccc12)C(NC(=O)c1cccc(F)c1)C(=O)N1C[C@@H](CN(C)C)Cc2cc(Cl)ccc21.O=C(O)C(F)(F)F. The van der Waals surface area contributed by atoms with Crippen LogP contribution in [0.25, 0.3) is 10.9 Å². The molecule has 13 heteroatoms. The highest BCUT2D eigenvalue weighted by Crippen LogP contribution is 2.35. The number of nitrogens with zero attached hydrogens (tertiary/aromatic N) is 2. The van der Waals surface area contributed by atoms with E-state index in [4.69, 9.17) is 21.5 Å². The summed E-state index contributed by atoms with van der Waals surface area (Å²) in [5.41, 5.74) is 3.84. The number of amides is 2. The molecule has 5 rings (SSSR count). The lowest BCUT2D eigenvalue weighted by molar-refractivity contribution is -0.192. The van der Waals surface area contributed by atoms with Gasteiger partial charge in [0.25, 0.3) is 5.91 Å². The molecule has 0 spiro atoms. The lowest BCUT2D eigenvalue weighted by Crippen LogP contribution is -2.54. The van der Waals surface area contributed by atoms with Crippen molar-refractivity contribution >= 4 is 46.0 Å². The molecule has 2 amide bonds. The molecule has 3 atom stereocenters. The van der Waals surface area contributed by atoms with E-state index in [1.165, 1.54) is 18.2 Å². The molecule has 244 valence electrons. The molecule has 1 aliphatic heterocycles. The van der Waals surface area contributed by atoms with Crippen LogP contribution in [0.1, 0.15) is 34.3 Å². The molecule has 3 aromatic carbocycles.